The molecule has 0 unspecified atom stereocenters. The van der Waals surface area contributed by atoms with Crippen LogP contribution in [-0.2, 0) is 6.42 Å². The summed E-state index contributed by atoms with van der Waals surface area (Å²) in [6.45, 7) is 0.326. The van der Waals surface area contributed by atoms with Crippen molar-refractivity contribution in [3.8, 4) is 17.1 Å². The van der Waals surface area contributed by atoms with E-state index in [2.05, 4.69) is 5.16 Å². The highest BCUT2D eigenvalue weighted by Gasteiger charge is 2.27. The van der Waals surface area contributed by atoms with Gasteiger partial charge in [-0.3, -0.25) is 0 Å². The van der Waals surface area contributed by atoms with Crippen molar-refractivity contribution in [1.29, 1.82) is 0 Å². The summed E-state index contributed by atoms with van der Waals surface area (Å²) in [7, 11) is 0. The van der Waals surface area contributed by atoms with Crippen molar-refractivity contribution in [3.63, 3.8) is 0 Å². The van der Waals surface area contributed by atoms with Crippen molar-refractivity contribution in [2.24, 2.45) is 0 Å². The molecule has 0 atom stereocenters. The highest BCUT2D eigenvalue weighted by molar-refractivity contribution is 5.71. The maximum Gasteiger partial charge on any atom is 0.175 e. The molecule has 0 radical (unpaired) electrons. The zero-order chi connectivity index (χ0) is 12.0. The number of benzene rings is 1. The monoisotopic (exact) mass is 238 g/mol. The number of aromatic nitrogens is 1. The van der Waals surface area contributed by atoms with E-state index < -0.39 is 11.6 Å². The van der Waals surface area contributed by atoms with Crippen molar-refractivity contribution < 1.29 is 18.0 Å². The number of halogens is 2. The molecular weight excluding hydrogens is 230 g/mol. The summed E-state index contributed by atoms with van der Waals surface area (Å²) in [5.74, 6) is -0.905. The van der Waals surface area contributed by atoms with Crippen LogP contribution >= 0.6 is 0 Å². The Morgan fingerprint density at radius 2 is 2.06 bits per heavy atom. The fourth-order valence-electron chi connectivity index (χ4n) is 1.92. The van der Waals surface area contributed by atoms with Crippen molar-refractivity contribution in [2.75, 3.05) is 12.3 Å². The first-order valence-electron chi connectivity index (χ1n) is 5.03. The predicted octanol–water partition coefficient (Wildman–Crippen LogP) is 2.14. The number of fused-ring (bicyclic) bond motifs is 1. The molecule has 1 aliphatic heterocycles. The topological polar surface area (TPSA) is 61.3 Å². The van der Waals surface area contributed by atoms with Gasteiger partial charge in [0.05, 0.1) is 12.2 Å². The molecular formula is C11H8F2N2O2. The van der Waals surface area contributed by atoms with Crippen LogP contribution in [0.3, 0.4) is 0 Å². The molecule has 17 heavy (non-hydrogen) atoms. The Kier molecular flexibility index (Phi) is 2.04. The Morgan fingerprint density at radius 3 is 2.76 bits per heavy atom. The van der Waals surface area contributed by atoms with Crippen molar-refractivity contribution in [1.82, 2.24) is 5.16 Å². The first kappa shape index (κ1) is 10.1. The van der Waals surface area contributed by atoms with E-state index in [0.717, 1.165) is 6.07 Å². The molecule has 2 N–H and O–H groups in total. The van der Waals surface area contributed by atoms with Crippen LogP contribution in [0, 0.1) is 11.6 Å². The van der Waals surface area contributed by atoms with E-state index in [1.165, 1.54) is 6.07 Å². The Hall–Kier alpha value is -2.11. The largest absolute Gasteiger partial charge is 0.492 e. The predicted molar refractivity (Wildman–Crippen MR) is 55.5 cm³/mol. The van der Waals surface area contributed by atoms with E-state index in [1.807, 2.05) is 0 Å². The third kappa shape index (κ3) is 1.44. The van der Waals surface area contributed by atoms with Gasteiger partial charge in [-0.2, -0.15) is 0 Å². The maximum atomic E-state index is 13.8. The standard InChI is InChI=1S/C11H8F2N2O2/c12-6-3-7(13)10(8-4-9(14)15-17-8)11-5(6)1-2-16-11/h3-4H,1-2H2,(H2,14,15). The lowest BCUT2D eigenvalue weighted by Gasteiger charge is -2.06. The van der Waals surface area contributed by atoms with Gasteiger partial charge in [0.15, 0.2) is 11.6 Å². The molecule has 88 valence electrons. The molecule has 1 aromatic carbocycles. The van der Waals surface area contributed by atoms with Gasteiger partial charge in [0.1, 0.15) is 17.4 Å². The van der Waals surface area contributed by atoms with E-state index in [9.17, 15) is 8.78 Å². The number of ether oxygens (including phenoxy) is 1. The van der Waals surface area contributed by atoms with Crippen LogP contribution in [0.25, 0.3) is 11.3 Å². The van der Waals surface area contributed by atoms with Crippen molar-refractivity contribution >= 4 is 5.82 Å². The summed E-state index contributed by atoms with van der Waals surface area (Å²) in [4.78, 5) is 0. The van der Waals surface area contributed by atoms with Gasteiger partial charge in [-0.1, -0.05) is 5.16 Å². The number of hydrogen-bond acceptors (Lipinski definition) is 4. The van der Waals surface area contributed by atoms with E-state index in [4.69, 9.17) is 15.0 Å². The minimum absolute atomic E-state index is 0.0723. The highest BCUT2D eigenvalue weighted by Crippen LogP contribution is 2.40. The number of nitrogen functional groups attached to an aromatic ring is 1. The van der Waals surface area contributed by atoms with Gasteiger partial charge < -0.3 is 15.0 Å². The molecule has 3 rings (SSSR count). The Bertz CT molecular complexity index is 595. The lowest BCUT2D eigenvalue weighted by atomic mass is 10.0. The average molecular weight is 238 g/mol. The second-order valence-electron chi connectivity index (χ2n) is 3.74. The van der Waals surface area contributed by atoms with Crippen LogP contribution in [0.2, 0.25) is 0 Å². The number of rotatable bonds is 1. The van der Waals surface area contributed by atoms with Crippen LogP contribution in [0.15, 0.2) is 16.7 Å². The molecule has 0 spiro atoms. The molecule has 6 heteroatoms. The Labute approximate surface area is 95.0 Å². The molecule has 1 aliphatic rings. The van der Waals surface area contributed by atoms with E-state index >= 15 is 0 Å². The highest BCUT2D eigenvalue weighted by atomic mass is 19.1. The minimum atomic E-state index is -0.751. The van der Waals surface area contributed by atoms with Gasteiger partial charge in [-0.15, -0.1) is 0 Å². The summed E-state index contributed by atoms with van der Waals surface area (Å²) in [6, 6.07) is 2.19. The van der Waals surface area contributed by atoms with Gasteiger partial charge >= 0.3 is 0 Å². The fourth-order valence-corrected chi connectivity index (χ4v) is 1.92. The molecule has 0 aliphatic carbocycles. The fraction of sp³-hybridized carbons (Fsp3) is 0.182. The third-order valence-electron chi connectivity index (χ3n) is 2.65. The first-order valence-corrected chi connectivity index (χ1v) is 5.03. The van der Waals surface area contributed by atoms with E-state index in [1.54, 1.807) is 0 Å². The smallest absolute Gasteiger partial charge is 0.175 e. The molecule has 1 aromatic heterocycles. The number of nitrogens with zero attached hydrogens (tertiary/aromatic N) is 1. The molecule has 0 amide bonds. The van der Waals surface area contributed by atoms with Crippen molar-refractivity contribution in [3.05, 3.63) is 29.3 Å². The quantitative estimate of drug-likeness (QED) is 0.826. The van der Waals surface area contributed by atoms with E-state index in [-0.39, 0.29) is 22.9 Å². The minimum Gasteiger partial charge on any atom is -0.492 e. The van der Waals surface area contributed by atoms with E-state index in [0.29, 0.717) is 18.6 Å². The molecule has 4 nitrogen and oxygen atoms in total. The lowest BCUT2D eigenvalue weighted by molar-refractivity contribution is 0.353. The number of nitrogens with two attached hydrogens (primary N) is 1. The zero-order valence-electron chi connectivity index (χ0n) is 8.67. The van der Waals surface area contributed by atoms with Gasteiger partial charge in [0.2, 0.25) is 0 Å². The Balaban J connectivity index is 2.26. The van der Waals surface area contributed by atoms with Gasteiger partial charge in [0.25, 0.3) is 0 Å². The summed E-state index contributed by atoms with van der Waals surface area (Å²) < 4.78 is 37.3. The zero-order valence-corrected chi connectivity index (χ0v) is 8.67. The molecule has 2 aromatic rings. The van der Waals surface area contributed by atoms with Gasteiger partial charge in [0, 0.05) is 24.1 Å². The summed E-state index contributed by atoms with van der Waals surface area (Å²) in [5.41, 5.74) is 5.83. The van der Waals surface area contributed by atoms with Crippen LogP contribution < -0.4 is 10.5 Å². The summed E-state index contributed by atoms with van der Waals surface area (Å²) in [5, 5.41) is 3.47. The molecule has 0 bridgehead atoms. The van der Waals surface area contributed by atoms with Gasteiger partial charge in [-0.05, 0) is 0 Å². The molecule has 2 heterocycles. The van der Waals surface area contributed by atoms with Crippen LogP contribution in [0.1, 0.15) is 5.56 Å². The summed E-state index contributed by atoms with van der Waals surface area (Å²) in [6.07, 6.45) is 0.415. The second-order valence-corrected chi connectivity index (χ2v) is 3.74. The van der Waals surface area contributed by atoms with Gasteiger partial charge in [-0.25, -0.2) is 8.78 Å². The van der Waals surface area contributed by atoms with Crippen LogP contribution in [-0.4, -0.2) is 11.8 Å². The van der Waals surface area contributed by atoms with Crippen LogP contribution in [0.5, 0.6) is 5.75 Å². The first-order chi connectivity index (χ1) is 8.16. The van der Waals surface area contributed by atoms with Crippen molar-refractivity contribution in [2.45, 2.75) is 6.42 Å². The Morgan fingerprint density at radius 1 is 1.24 bits per heavy atom. The third-order valence-corrected chi connectivity index (χ3v) is 2.65. The lowest BCUT2D eigenvalue weighted by Crippen LogP contribution is -1.93. The summed E-state index contributed by atoms with van der Waals surface area (Å²) >= 11 is 0. The number of anilines is 1. The normalized spacial score (nSPS) is 13.5. The average Bonchev–Trinajstić information content (AvgIpc) is 2.87. The molecule has 0 fully saturated rings. The second kappa shape index (κ2) is 3.44. The number of hydrogen-bond donors (Lipinski definition) is 1. The molecule has 0 saturated heterocycles. The maximum absolute atomic E-state index is 13.8. The van der Waals surface area contributed by atoms with Crippen LogP contribution in [0.4, 0.5) is 14.6 Å². The molecule has 0 saturated carbocycles. The SMILES string of the molecule is Nc1cc(-c2c(F)cc(F)c3c2OCC3)on1.